The van der Waals surface area contributed by atoms with E-state index in [9.17, 15) is 0 Å². The molecule has 0 aromatic heterocycles. The van der Waals surface area contributed by atoms with Crippen LogP contribution in [0.4, 0.5) is 0 Å². The number of morpholine rings is 1. The average molecular weight is 348 g/mol. The van der Waals surface area contributed by atoms with E-state index in [0.717, 1.165) is 69.6 Å². The molecule has 1 aromatic rings. The van der Waals surface area contributed by atoms with E-state index in [-0.39, 0.29) is 0 Å². The molecule has 0 saturated carbocycles. The van der Waals surface area contributed by atoms with Gasteiger partial charge in [-0.2, -0.15) is 0 Å². The molecule has 1 saturated heterocycles. The third-order valence-corrected chi connectivity index (χ3v) is 4.27. The first-order chi connectivity index (χ1) is 12.2. The fourth-order valence-corrected chi connectivity index (χ4v) is 2.89. The molecule has 0 aliphatic carbocycles. The Balaban J connectivity index is 1.78. The van der Waals surface area contributed by atoms with Gasteiger partial charge in [0, 0.05) is 26.2 Å². The van der Waals surface area contributed by atoms with Gasteiger partial charge in [0.1, 0.15) is 5.75 Å². The molecule has 0 bridgehead atoms. The minimum Gasteiger partial charge on any atom is -0.496 e. The summed E-state index contributed by atoms with van der Waals surface area (Å²) in [5.41, 5.74) is 2.32. The van der Waals surface area contributed by atoms with Gasteiger partial charge in [-0.3, -0.25) is 4.90 Å². The van der Waals surface area contributed by atoms with Crippen molar-refractivity contribution in [1.29, 1.82) is 0 Å². The fraction of sp³-hybridized carbons (Fsp3) is 0.632. The molecule has 25 heavy (non-hydrogen) atoms. The SMILES string of the molecule is CCNC(=NCc1ccc(OC)c(C)c1)NCCCN1CCOCC1. The van der Waals surface area contributed by atoms with E-state index in [0.29, 0.717) is 6.54 Å². The van der Waals surface area contributed by atoms with Crippen molar-refractivity contribution in [3.05, 3.63) is 29.3 Å². The first-order valence-electron chi connectivity index (χ1n) is 9.18. The monoisotopic (exact) mass is 348 g/mol. The number of ether oxygens (including phenoxy) is 2. The van der Waals surface area contributed by atoms with E-state index in [2.05, 4.69) is 46.5 Å². The lowest BCUT2D eigenvalue weighted by Crippen LogP contribution is -2.40. The van der Waals surface area contributed by atoms with Crippen LogP contribution >= 0.6 is 0 Å². The molecule has 1 aliphatic rings. The minimum atomic E-state index is 0.656. The number of aliphatic imine (C=N–C) groups is 1. The van der Waals surface area contributed by atoms with Crippen LogP contribution in [0, 0.1) is 6.92 Å². The Bertz CT molecular complexity index is 542. The maximum atomic E-state index is 5.38. The molecule has 0 unspecified atom stereocenters. The van der Waals surface area contributed by atoms with E-state index in [1.807, 2.05) is 6.07 Å². The summed E-state index contributed by atoms with van der Waals surface area (Å²) in [6, 6.07) is 6.20. The van der Waals surface area contributed by atoms with Gasteiger partial charge >= 0.3 is 0 Å². The Labute approximate surface area is 151 Å². The Morgan fingerprint density at radius 2 is 2.08 bits per heavy atom. The van der Waals surface area contributed by atoms with Gasteiger partial charge in [-0.1, -0.05) is 12.1 Å². The summed E-state index contributed by atoms with van der Waals surface area (Å²) in [4.78, 5) is 7.14. The number of hydrogen-bond acceptors (Lipinski definition) is 4. The van der Waals surface area contributed by atoms with Crippen LogP contribution in [-0.4, -0.2) is 63.9 Å². The zero-order chi connectivity index (χ0) is 17.9. The molecule has 6 nitrogen and oxygen atoms in total. The highest BCUT2D eigenvalue weighted by Crippen LogP contribution is 2.18. The highest BCUT2D eigenvalue weighted by molar-refractivity contribution is 5.79. The van der Waals surface area contributed by atoms with E-state index in [1.165, 1.54) is 5.56 Å². The van der Waals surface area contributed by atoms with Crippen molar-refractivity contribution < 1.29 is 9.47 Å². The molecule has 0 amide bonds. The lowest BCUT2D eigenvalue weighted by atomic mass is 10.1. The van der Waals surface area contributed by atoms with Crippen LogP contribution in [0.25, 0.3) is 0 Å². The number of nitrogens with zero attached hydrogens (tertiary/aromatic N) is 2. The van der Waals surface area contributed by atoms with Crippen molar-refractivity contribution in [2.75, 3.05) is 53.0 Å². The number of hydrogen-bond donors (Lipinski definition) is 2. The highest BCUT2D eigenvalue weighted by atomic mass is 16.5. The summed E-state index contributed by atoms with van der Waals surface area (Å²) in [7, 11) is 1.70. The first kappa shape index (κ1) is 19.5. The van der Waals surface area contributed by atoms with Crippen molar-refractivity contribution >= 4 is 5.96 Å². The predicted molar refractivity (Wildman–Crippen MR) is 102 cm³/mol. The van der Waals surface area contributed by atoms with Crippen LogP contribution in [0.15, 0.2) is 23.2 Å². The molecule has 1 aliphatic heterocycles. The summed E-state index contributed by atoms with van der Waals surface area (Å²) >= 11 is 0. The maximum absolute atomic E-state index is 5.38. The van der Waals surface area contributed by atoms with Crippen molar-refractivity contribution in [1.82, 2.24) is 15.5 Å². The van der Waals surface area contributed by atoms with Crippen molar-refractivity contribution in [3.8, 4) is 5.75 Å². The molecule has 6 heteroatoms. The number of nitrogens with one attached hydrogen (secondary N) is 2. The number of methoxy groups -OCH3 is 1. The van der Waals surface area contributed by atoms with Crippen molar-refractivity contribution in [2.45, 2.75) is 26.8 Å². The highest BCUT2D eigenvalue weighted by Gasteiger charge is 2.09. The molecule has 1 fully saturated rings. The van der Waals surface area contributed by atoms with Gasteiger partial charge in [-0.25, -0.2) is 4.99 Å². The van der Waals surface area contributed by atoms with Crippen LogP contribution in [0.1, 0.15) is 24.5 Å². The van der Waals surface area contributed by atoms with Crippen molar-refractivity contribution in [2.24, 2.45) is 4.99 Å². The maximum Gasteiger partial charge on any atom is 0.191 e. The molecule has 2 rings (SSSR count). The van der Waals surface area contributed by atoms with Crippen LogP contribution in [-0.2, 0) is 11.3 Å². The van der Waals surface area contributed by atoms with Gasteiger partial charge in [-0.15, -0.1) is 0 Å². The van der Waals surface area contributed by atoms with Crippen molar-refractivity contribution in [3.63, 3.8) is 0 Å². The Kier molecular flexibility index (Phi) is 8.55. The van der Waals surface area contributed by atoms with Gasteiger partial charge in [0.15, 0.2) is 5.96 Å². The lowest BCUT2D eigenvalue weighted by molar-refractivity contribution is 0.0376. The molecular weight excluding hydrogens is 316 g/mol. The molecule has 0 radical (unpaired) electrons. The van der Waals surface area contributed by atoms with Gasteiger partial charge in [0.05, 0.1) is 26.9 Å². The van der Waals surface area contributed by atoms with Crippen LogP contribution in [0.5, 0.6) is 5.75 Å². The minimum absolute atomic E-state index is 0.656. The lowest BCUT2D eigenvalue weighted by Gasteiger charge is -2.26. The van der Waals surface area contributed by atoms with Gasteiger partial charge in [0.25, 0.3) is 0 Å². The summed E-state index contributed by atoms with van der Waals surface area (Å²) in [6.07, 6.45) is 1.10. The Morgan fingerprint density at radius 3 is 2.76 bits per heavy atom. The third-order valence-electron chi connectivity index (χ3n) is 4.27. The number of benzene rings is 1. The molecule has 140 valence electrons. The molecule has 0 spiro atoms. The summed E-state index contributed by atoms with van der Waals surface area (Å²) < 4.78 is 10.7. The number of guanidine groups is 1. The van der Waals surface area contributed by atoms with Crippen LogP contribution in [0.2, 0.25) is 0 Å². The molecule has 2 N–H and O–H groups in total. The largest absolute Gasteiger partial charge is 0.496 e. The third kappa shape index (κ3) is 6.92. The summed E-state index contributed by atoms with van der Waals surface area (Å²) in [5, 5.41) is 6.73. The van der Waals surface area contributed by atoms with Crippen LogP contribution in [0.3, 0.4) is 0 Å². The molecule has 0 atom stereocenters. The molecular formula is C19H32N4O2. The van der Waals surface area contributed by atoms with Gasteiger partial charge in [-0.05, 0) is 44.0 Å². The summed E-state index contributed by atoms with van der Waals surface area (Å²) in [6.45, 7) is 11.5. The Hall–Kier alpha value is -1.79. The number of aryl methyl sites for hydroxylation is 1. The zero-order valence-corrected chi connectivity index (χ0v) is 15.8. The number of rotatable bonds is 8. The second-order valence-electron chi connectivity index (χ2n) is 6.23. The molecule has 1 aromatic carbocycles. The van der Waals surface area contributed by atoms with Crippen LogP contribution < -0.4 is 15.4 Å². The predicted octanol–water partition coefficient (Wildman–Crippen LogP) is 1.78. The van der Waals surface area contributed by atoms with Gasteiger partial charge in [0.2, 0.25) is 0 Å². The quantitative estimate of drug-likeness (QED) is 0.426. The first-order valence-corrected chi connectivity index (χ1v) is 9.18. The zero-order valence-electron chi connectivity index (χ0n) is 15.8. The van der Waals surface area contributed by atoms with E-state index >= 15 is 0 Å². The van der Waals surface area contributed by atoms with E-state index < -0.39 is 0 Å². The Morgan fingerprint density at radius 1 is 1.28 bits per heavy atom. The fourth-order valence-electron chi connectivity index (χ4n) is 2.89. The van der Waals surface area contributed by atoms with E-state index in [4.69, 9.17) is 9.47 Å². The standard InChI is InChI=1S/C19H32N4O2/c1-4-20-19(21-8-5-9-23-10-12-25-13-11-23)22-15-17-6-7-18(24-3)16(2)14-17/h6-7,14H,4-5,8-13,15H2,1-3H3,(H2,20,21,22). The normalized spacial score (nSPS) is 15.9. The van der Waals surface area contributed by atoms with E-state index in [1.54, 1.807) is 7.11 Å². The second kappa shape index (κ2) is 10.9. The summed E-state index contributed by atoms with van der Waals surface area (Å²) in [5.74, 6) is 1.79. The second-order valence-corrected chi connectivity index (χ2v) is 6.23. The topological polar surface area (TPSA) is 58.1 Å². The average Bonchev–Trinajstić information content (AvgIpc) is 2.64. The molecule has 1 heterocycles. The smallest absolute Gasteiger partial charge is 0.191 e. The van der Waals surface area contributed by atoms with Gasteiger partial charge < -0.3 is 20.1 Å².